The van der Waals surface area contributed by atoms with Gasteiger partial charge >= 0.3 is 0 Å². The molecule has 0 saturated carbocycles. The first-order chi connectivity index (χ1) is 7.74. The van der Waals surface area contributed by atoms with Crippen molar-refractivity contribution in [3.05, 3.63) is 29.1 Å². The predicted octanol–water partition coefficient (Wildman–Crippen LogP) is 2.79. The standard InChI is InChI=1S/C14H21N2/c1-11-8-12(2)16-14(9-11)10-13-6-4-3-5-7-15-13/h8-9,13H,3-7,10H2,1-2H3. The molecule has 1 unspecified atom stereocenters. The Hall–Kier alpha value is -0.890. The van der Waals surface area contributed by atoms with E-state index in [-0.39, 0.29) is 0 Å². The molecule has 1 aliphatic heterocycles. The maximum absolute atomic E-state index is 4.74. The monoisotopic (exact) mass is 217 g/mol. The van der Waals surface area contributed by atoms with Crippen LogP contribution in [0, 0.1) is 13.8 Å². The van der Waals surface area contributed by atoms with Gasteiger partial charge in [-0.25, -0.2) is 5.32 Å². The fourth-order valence-electron chi connectivity index (χ4n) is 2.47. The molecule has 2 heterocycles. The van der Waals surface area contributed by atoms with E-state index in [0.717, 1.165) is 18.7 Å². The van der Waals surface area contributed by atoms with Gasteiger partial charge < -0.3 is 0 Å². The summed E-state index contributed by atoms with van der Waals surface area (Å²) in [4.78, 5) is 4.60. The third kappa shape index (κ3) is 3.31. The van der Waals surface area contributed by atoms with Gasteiger partial charge in [0, 0.05) is 30.4 Å². The van der Waals surface area contributed by atoms with Crippen LogP contribution in [0.1, 0.15) is 42.6 Å². The molecule has 1 radical (unpaired) electrons. The van der Waals surface area contributed by atoms with Crippen LogP contribution < -0.4 is 5.32 Å². The van der Waals surface area contributed by atoms with E-state index >= 15 is 0 Å². The van der Waals surface area contributed by atoms with Crippen molar-refractivity contribution < 1.29 is 0 Å². The predicted molar refractivity (Wildman–Crippen MR) is 66.7 cm³/mol. The number of pyridine rings is 1. The van der Waals surface area contributed by atoms with Gasteiger partial charge in [0.15, 0.2) is 0 Å². The topological polar surface area (TPSA) is 27.0 Å². The van der Waals surface area contributed by atoms with Crippen molar-refractivity contribution in [3.8, 4) is 0 Å². The van der Waals surface area contributed by atoms with Gasteiger partial charge in [-0.05, 0) is 44.4 Å². The molecule has 1 aromatic heterocycles. The molecule has 0 spiro atoms. The first-order valence-corrected chi connectivity index (χ1v) is 6.35. The zero-order chi connectivity index (χ0) is 11.4. The van der Waals surface area contributed by atoms with E-state index in [9.17, 15) is 0 Å². The lowest BCUT2D eigenvalue weighted by Crippen LogP contribution is -2.24. The number of hydrogen-bond acceptors (Lipinski definition) is 1. The summed E-state index contributed by atoms with van der Waals surface area (Å²) in [5, 5.41) is 4.74. The summed E-state index contributed by atoms with van der Waals surface area (Å²) in [6.45, 7) is 5.26. The highest BCUT2D eigenvalue weighted by Gasteiger charge is 2.14. The van der Waals surface area contributed by atoms with Gasteiger partial charge in [-0.2, -0.15) is 0 Å². The number of hydrogen-bond donors (Lipinski definition) is 0. The molecule has 1 aliphatic rings. The van der Waals surface area contributed by atoms with Crippen molar-refractivity contribution >= 4 is 0 Å². The first-order valence-electron chi connectivity index (χ1n) is 6.35. The van der Waals surface area contributed by atoms with Crippen LogP contribution in [0.25, 0.3) is 0 Å². The molecular weight excluding hydrogens is 196 g/mol. The average Bonchev–Trinajstić information content (AvgIpc) is 2.44. The molecule has 2 heteroatoms. The molecule has 2 nitrogen and oxygen atoms in total. The van der Waals surface area contributed by atoms with E-state index in [0.29, 0.717) is 6.04 Å². The molecule has 1 atom stereocenters. The van der Waals surface area contributed by atoms with Crippen LogP contribution in [0.2, 0.25) is 0 Å². The summed E-state index contributed by atoms with van der Waals surface area (Å²) in [6, 6.07) is 4.84. The first kappa shape index (κ1) is 11.6. The van der Waals surface area contributed by atoms with E-state index in [4.69, 9.17) is 5.32 Å². The summed E-state index contributed by atoms with van der Waals surface area (Å²) in [5.74, 6) is 0. The van der Waals surface area contributed by atoms with Crippen LogP contribution in [-0.4, -0.2) is 17.6 Å². The lowest BCUT2D eigenvalue weighted by Gasteiger charge is -2.14. The number of nitrogens with zero attached hydrogens (tertiary/aromatic N) is 2. The second-order valence-electron chi connectivity index (χ2n) is 4.89. The molecule has 0 aliphatic carbocycles. The molecule has 1 fully saturated rings. The summed E-state index contributed by atoms with van der Waals surface area (Å²) in [7, 11) is 0. The van der Waals surface area contributed by atoms with E-state index in [1.807, 2.05) is 0 Å². The molecule has 0 amide bonds. The Morgan fingerprint density at radius 2 is 2.06 bits per heavy atom. The van der Waals surface area contributed by atoms with Crippen LogP contribution in [0.4, 0.5) is 0 Å². The highest BCUT2D eigenvalue weighted by Crippen LogP contribution is 2.14. The maximum Gasteiger partial charge on any atom is 0.0425 e. The van der Waals surface area contributed by atoms with E-state index in [1.165, 1.54) is 36.9 Å². The third-order valence-corrected chi connectivity index (χ3v) is 3.18. The zero-order valence-corrected chi connectivity index (χ0v) is 10.4. The normalized spacial score (nSPS) is 21.8. The quantitative estimate of drug-likeness (QED) is 0.748. The molecule has 16 heavy (non-hydrogen) atoms. The fraction of sp³-hybridized carbons (Fsp3) is 0.643. The Morgan fingerprint density at radius 3 is 2.88 bits per heavy atom. The summed E-state index contributed by atoms with van der Waals surface area (Å²) in [6.07, 6.45) is 6.23. The molecule has 1 saturated heterocycles. The van der Waals surface area contributed by atoms with Crippen LogP contribution in [0.3, 0.4) is 0 Å². The number of rotatable bonds is 2. The van der Waals surface area contributed by atoms with Crippen molar-refractivity contribution in [1.82, 2.24) is 10.3 Å². The largest absolute Gasteiger partial charge is 0.258 e. The van der Waals surface area contributed by atoms with Crippen molar-refractivity contribution in [2.24, 2.45) is 0 Å². The number of aryl methyl sites for hydroxylation is 2. The molecule has 0 N–H and O–H groups in total. The summed E-state index contributed by atoms with van der Waals surface area (Å²) < 4.78 is 0. The minimum atomic E-state index is 0.510. The average molecular weight is 217 g/mol. The fourth-order valence-corrected chi connectivity index (χ4v) is 2.47. The van der Waals surface area contributed by atoms with Gasteiger partial charge in [-0.3, -0.25) is 4.98 Å². The minimum absolute atomic E-state index is 0.510. The Kier molecular flexibility index (Phi) is 3.94. The van der Waals surface area contributed by atoms with Gasteiger partial charge in [0.1, 0.15) is 0 Å². The molecule has 87 valence electrons. The van der Waals surface area contributed by atoms with Crippen molar-refractivity contribution in [2.75, 3.05) is 6.54 Å². The van der Waals surface area contributed by atoms with Crippen molar-refractivity contribution in [3.63, 3.8) is 0 Å². The summed E-state index contributed by atoms with van der Waals surface area (Å²) >= 11 is 0. The second kappa shape index (κ2) is 5.44. The van der Waals surface area contributed by atoms with Gasteiger partial charge in [0.05, 0.1) is 0 Å². The molecular formula is C14H21N2. The molecule has 0 aromatic carbocycles. The van der Waals surface area contributed by atoms with Crippen LogP contribution in [0.15, 0.2) is 12.1 Å². The lowest BCUT2D eigenvalue weighted by atomic mass is 10.0. The maximum atomic E-state index is 4.74. The lowest BCUT2D eigenvalue weighted by molar-refractivity contribution is 0.493. The van der Waals surface area contributed by atoms with E-state index in [1.54, 1.807) is 0 Å². The molecule has 2 rings (SSSR count). The smallest absolute Gasteiger partial charge is 0.0425 e. The zero-order valence-electron chi connectivity index (χ0n) is 10.4. The Bertz CT molecular complexity index is 318. The third-order valence-electron chi connectivity index (χ3n) is 3.18. The molecule has 1 aromatic rings. The SMILES string of the molecule is Cc1cc(C)nc(CC2CCCCC[N]2)c1. The van der Waals surface area contributed by atoms with Crippen molar-refractivity contribution in [1.29, 1.82) is 0 Å². The van der Waals surface area contributed by atoms with Gasteiger partial charge in [0.25, 0.3) is 0 Å². The van der Waals surface area contributed by atoms with E-state index in [2.05, 4.69) is 31.0 Å². The van der Waals surface area contributed by atoms with Crippen LogP contribution in [0.5, 0.6) is 0 Å². The van der Waals surface area contributed by atoms with Crippen LogP contribution >= 0.6 is 0 Å². The van der Waals surface area contributed by atoms with E-state index < -0.39 is 0 Å². The van der Waals surface area contributed by atoms with Gasteiger partial charge in [-0.1, -0.05) is 12.8 Å². The van der Waals surface area contributed by atoms with Crippen LogP contribution in [-0.2, 0) is 6.42 Å². The van der Waals surface area contributed by atoms with Gasteiger partial charge in [0.2, 0.25) is 0 Å². The highest BCUT2D eigenvalue weighted by molar-refractivity contribution is 5.20. The summed E-state index contributed by atoms with van der Waals surface area (Å²) in [5.41, 5.74) is 3.66. The minimum Gasteiger partial charge on any atom is -0.258 e. The second-order valence-corrected chi connectivity index (χ2v) is 4.89. The molecule has 0 bridgehead atoms. The Labute approximate surface area is 98.5 Å². The number of aromatic nitrogens is 1. The Balaban J connectivity index is 2.01. The van der Waals surface area contributed by atoms with Crippen molar-refractivity contribution in [2.45, 2.75) is 52.0 Å². The Morgan fingerprint density at radius 1 is 1.19 bits per heavy atom. The highest BCUT2D eigenvalue weighted by atomic mass is 14.9. The van der Waals surface area contributed by atoms with Gasteiger partial charge in [-0.15, -0.1) is 0 Å².